The highest BCUT2D eigenvalue weighted by molar-refractivity contribution is 6.13. The number of aryl methyl sites for hydroxylation is 1. The summed E-state index contributed by atoms with van der Waals surface area (Å²) in [5, 5.41) is 4.79. The molecular formula is C57H45N3O. The minimum absolute atomic E-state index is 0.0164. The van der Waals surface area contributed by atoms with E-state index in [1.54, 1.807) is 0 Å². The summed E-state index contributed by atoms with van der Waals surface area (Å²) in [4.78, 5) is 10.4. The van der Waals surface area contributed by atoms with Crippen LogP contribution in [0.5, 0.6) is 0 Å². The second kappa shape index (κ2) is 14.0. The van der Waals surface area contributed by atoms with E-state index in [4.69, 9.17) is 14.4 Å². The molecule has 3 aliphatic carbocycles. The van der Waals surface area contributed by atoms with Gasteiger partial charge in [-0.1, -0.05) is 172 Å². The Morgan fingerprint density at radius 3 is 2.23 bits per heavy atom. The molecule has 0 radical (unpaired) electrons. The zero-order chi connectivity index (χ0) is 40.7. The minimum atomic E-state index is -0.337. The van der Waals surface area contributed by atoms with Crippen molar-refractivity contribution in [1.29, 1.82) is 0 Å². The maximum absolute atomic E-state index is 6.71. The standard InChI is InChI=1S/C57H45N3O/c1-57(2)50-23-12-11-20-44(50)49-33-47-43(41-18-9-10-19-42(41)48(47)34-51(49)57)30-26-35-24-27-38(28-25-35)55-58-54(37-16-7-4-8-17-37)59-56(60-55)39-29-31-45-46-22-13-21-40(36-14-5-3-6-15-36)53(46)61-52(45)32-39/h3-20,22-25,27-29,31-34,40,43,56H,21,26,30H2,1-2H3,(H,58,59,60). The second-order valence-corrected chi connectivity index (χ2v) is 17.6. The van der Waals surface area contributed by atoms with Gasteiger partial charge in [-0.25, -0.2) is 9.98 Å². The van der Waals surface area contributed by atoms with E-state index in [0.717, 1.165) is 64.4 Å². The molecule has 2 heterocycles. The van der Waals surface area contributed by atoms with Crippen LogP contribution in [-0.2, 0) is 11.8 Å². The number of furan rings is 1. The van der Waals surface area contributed by atoms with Crippen LogP contribution in [0.1, 0.15) is 106 Å². The lowest BCUT2D eigenvalue weighted by atomic mass is 9.81. The molecule has 7 aromatic carbocycles. The van der Waals surface area contributed by atoms with Gasteiger partial charge in [0.05, 0.1) is 0 Å². The molecule has 1 aliphatic heterocycles. The van der Waals surface area contributed by atoms with Crippen LogP contribution in [0.15, 0.2) is 184 Å². The normalized spacial score (nSPS) is 19.0. The Bertz CT molecular complexity index is 3110. The molecule has 61 heavy (non-hydrogen) atoms. The number of nitrogens with zero attached hydrogens (tertiary/aromatic N) is 2. The van der Waals surface area contributed by atoms with Gasteiger partial charge in [0, 0.05) is 44.9 Å². The van der Waals surface area contributed by atoms with Gasteiger partial charge in [0.2, 0.25) is 0 Å². The molecule has 1 N–H and O–H groups in total. The summed E-state index contributed by atoms with van der Waals surface area (Å²) in [6.45, 7) is 4.75. The van der Waals surface area contributed by atoms with Crippen LogP contribution in [0.2, 0.25) is 0 Å². The molecule has 0 spiro atoms. The molecule has 4 nitrogen and oxygen atoms in total. The molecule has 0 bridgehead atoms. The lowest BCUT2D eigenvalue weighted by Crippen LogP contribution is -2.33. The van der Waals surface area contributed by atoms with E-state index in [1.807, 2.05) is 6.07 Å². The first-order valence-corrected chi connectivity index (χ1v) is 21.7. The van der Waals surface area contributed by atoms with Crippen molar-refractivity contribution in [3.05, 3.63) is 231 Å². The lowest BCUT2D eigenvalue weighted by Gasteiger charge is -2.23. The maximum Gasteiger partial charge on any atom is 0.159 e. The van der Waals surface area contributed by atoms with Gasteiger partial charge in [-0.3, -0.25) is 0 Å². The number of allylic oxidation sites excluding steroid dienone is 1. The van der Waals surface area contributed by atoms with E-state index in [2.05, 4.69) is 189 Å². The van der Waals surface area contributed by atoms with Gasteiger partial charge in [-0.2, -0.15) is 0 Å². The summed E-state index contributed by atoms with van der Waals surface area (Å²) in [5.74, 6) is 3.10. The quantitative estimate of drug-likeness (QED) is 0.175. The Hall–Kier alpha value is -7.04. The summed E-state index contributed by atoms with van der Waals surface area (Å²) < 4.78 is 6.71. The van der Waals surface area contributed by atoms with Gasteiger partial charge in [0.15, 0.2) is 5.84 Å². The second-order valence-electron chi connectivity index (χ2n) is 17.6. The summed E-state index contributed by atoms with van der Waals surface area (Å²) in [5.41, 5.74) is 19.0. The van der Waals surface area contributed by atoms with E-state index in [-0.39, 0.29) is 17.5 Å². The van der Waals surface area contributed by atoms with E-state index >= 15 is 0 Å². The van der Waals surface area contributed by atoms with Crippen LogP contribution in [0.25, 0.3) is 39.3 Å². The van der Waals surface area contributed by atoms with Gasteiger partial charge in [0.1, 0.15) is 23.3 Å². The Morgan fingerprint density at radius 2 is 1.39 bits per heavy atom. The molecule has 8 aromatic rings. The fourth-order valence-electron chi connectivity index (χ4n) is 10.6. The van der Waals surface area contributed by atoms with Crippen molar-refractivity contribution in [2.24, 2.45) is 9.98 Å². The largest absolute Gasteiger partial charge is 0.460 e. The monoisotopic (exact) mass is 787 g/mol. The van der Waals surface area contributed by atoms with Crippen molar-refractivity contribution < 1.29 is 4.42 Å². The van der Waals surface area contributed by atoms with Crippen LogP contribution in [0, 0.1) is 0 Å². The third-order valence-corrected chi connectivity index (χ3v) is 13.8. The van der Waals surface area contributed by atoms with Crippen LogP contribution >= 0.6 is 0 Å². The number of amidine groups is 2. The van der Waals surface area contributed by atoms with Gasteiger partial charge in [-0.05, 0) is 93.1 Å². The molecule has 1 aromatic heterocycles. The first-order chi connectivity index (χ1) is 30.0. The van der Waals surface area contributed by atoms with Crippen molar-refractivity contribution in [3.8, 4) is 22.3 Å². The molecule has 0 saturated heterocycles. The van der Waals surface area contributed by atoms with Crippen molar-refractivity contribution in [3.63, 3.8) is 0 Å². The van der Waals surface area contributed by atoms with E-state index in [1.165, 1.54) is 61.2 Å². The topological polar surface area (TPSA) is 49.9 Å². The fraction of sp³-hybridized carbons (Fsp3) is 0.158. The van der Waals surface area contributed by atoms with Crippen LogP contribution in [-0.4, -0.2) is 11.7 Å². The number of aliphatic imine (C=N–C) groups is 2. The predicted molar refractivity (Wildman–Crippen MR) is 250 cm³/mol. The SMILES string of the molecule is CC1(C)c2ccccc2-c2cc3c(cc21)-c1ccccc1C3CCc1ccc(C2=NC(c3ccc4c5c(oc4c3)C(c3ccccc3)CC=C5)NC(c3ccccc3)=N2)cc1. The Labute approximate surface area is 357 Å². The van der Waals surface area contributed by atoms with E-state index < -0.39 is 0 Å². The average molecular weight is 788 g/mol. The third-order valence-electron chi connectivity index (χ3n) is 13.8. The third kappa shape index (κ3) is 5.88. The molecule has 4 aliphatic rings. The number of hydrogen-bond donors (Lipinski definition) is 1. The average Bonchev–Trinajstić information content (AvgIpc) is 3.92. The first kappa shape index (κ1) is 35.9. The van der Waals surface area contributed by atoms with Crippen molar-refractivity contribution in [2.45, 2.75) is 56.5 Å². The van der Waals surface area contributed by atoms with Gasteiger partial charge >= 0.3 is 0 Å². The molecule has 4 heteroatoms. The van der Waals surface area contributed by atoms with Gasteiger partial charge in [-0.15, -0.1) is 0 Å². The van der Waals surface area contributed by atoms with Crippen LogP contribution < -0.4 is 5.32 Å². The van der Waals surface area contributed by atoms with Crippen LogP contribution in [0.4, 0.5) is 0 Å². The summed E-state index contributed by atoms with van der Waals surface area (Å²) in [6.07, 6.45) is 7.09. The highest BCUT2D eigenvalue weighted by Gasteiger charge is 2.39. The van der Waals surface area contributed by atoms with Gasteiger partial charge < -0.3 is 9.73 Å². The van der Waals surface area contributed by atoms with Crippen molar-refractivity contribution >= 4 is 28.7 Å². The molecule has 12 rings (SSSR count). The number of nitrogens with one attached hydrogen (secondary N) is 1. The molecular weight excluding hydrogens is 743 g/mol. The van der Waals surface area contributed by atoms with Crippen LogP contribution in [0.3, 0.4) is 0 Å². The Balaban J connectivity index is 0.845. The zero-order valence-corrected chi connectivity index (χ0v) is 34.4. The van der Waals surface area contributed by atoms with Crippen molar-refractivity contribution in [1.82, 2.24) is 5.32 Å². The molecule has 0 fully saturated rings. The highest BCUT2D eigenvalue weighted by Crippen LogP contribution is 2.55. The minimum Gasteiger partial charge on any atom is -0.460 e. The van der Waals surface area contributed by atoms with E-state index in [0.29, 0.717) is 5.92 Å². The smallest absolute Gasteiger partial charge is 0.159 e. The molecule has 3 atom stereocenters. The lowest BCUT2D eigenvalue weighted by molar-refractivity contribution is 0.516. The molecule has 0 amide bonds. The van der Waals surface area contributed by atoms with Crippen molar-refractivity contribution in [2.75, 3.05) is 0 Å². The summed E-state index contributed by atoms with van der Waals surface area (Å²) >= 11 is 0. The molecule has 294 valence electrons. The first-order valence-electron chi connectivity index (χ1n) is 21.7. The zero-order valence-electron chi connectivity index (χ0n) is 34.4. The number of benzene rings is 7. The fourth-order valence-corrected chi connectivity index (χ4v) is 10.6. The Morgan fingerprint density at radius 1 is 0.639 bits per heavy atom. The number of fused-ring (bicyclic) bond motifs is 9. The van der Waals surface area contributed by atoms with Gasteiger partial charge in [0.25, 0.3) is 0 Å². The number of rotatable bonds is 7. The summed E-state index contributed by atoms with van der Waals surface area (Å²) in [6, 6.07) is 59.6. The summed E-state index contributed by atoms with van der Waals surface area (Å²) in [7, 11) is 0. The molecule has 3 unspecified atom stereocenters. The maximum atomic E-state index is 6.71. The Kier molecular flexibility index (Phi) is 8.25. The highest BCUT2D eigenvalue weighted by atomic mass is 16.3. The number of hydrogen-bond acceptors (Lipinski definition) is 4. The van der Waals surface area contributed by atoms with E-state index in [9.17, 15) is 0 Å². The predicted octanol–water partition coefficient (Wildman–Crippen LogP) is 13.5. The molecule has 0 saturated carbocycles.